The SMILES string of the molecule is CC1=CC(=[Se])C(C)=CC1=[Se]. The van der Waals surface area contributed by atoms with Crippen molar-refractivity contribution in [2.24, 2.45) is 0 Å². The number of rotatable bonds is 0. The molecule has 0 N–H and O–H groups in total. The van der Waals surface area contributed by atoms with Gasteiger partial charge in [0, 0.05) is 0 Å². The molecule has 0 nitrogen and oxygen atoms in total. The van der Waals surface area contributed by atoms with Crippen LogP contribution in [-0.2, 0) is 0 Å². The van der Waals surface area contributed by atoms with E-state index in [4.69, 9.17) is 0 Å². The van der Waals surface area contributed by atoms with Crippen molar-refractivity contribution in [3.05, 3.63) is 23.3 Å². The Morgan fingerprint density at radius 3 is 1.50 bits per heavy atom. The van der Waals surface area contributed by atoms with Gasteiger partial charge in [-0.05, 0) is 0 Å². The van der Waals surface area contributed by atoms with E-state index in [1.807, 2.05) is 0 Å². The summed E-state index contributed by atoms with van der Waals surface area (Å²) in [5.74, 6) is 0. The minimum atomic E-state index is 1.25. The molecule has 0 saturated heterocycles. The average Bonchev–Trinajstić information content (AvgIpc) is 1.84. The minimum absolute atomic E-state index is 1.25. The van der Waals surface area contributed by atoms with Crippen molar-refractivity contribution in [3.8, 4) is 0 Å². The molecule has 52 valence electrons. The summed E-state index contributed by atoms with van der Waals surface area (Å²) in [6.07, 6.45) is 4.31. The van der Waals surface area contributed by atoms with E-state index in [9.17, 15) is 0 Å². The van der Waals surface area contributed by atoms with Crippen molar-refractivity contribution < 1.29 is 0 Å². The third-order valence-corrected chi connectivity index (χ3v) is 3.32. The maximum absolute atomic E-state index is 3.02. The summed E-state index contributed by atoms with van der Waals surface area (Å²) < 4.78 is 2.49. The van der Waals surface area contributed by atoms with Gasteiger partial charge in [0.15, 0.2) is 0 Å². The molecule has 0 aliphatic heterocycles. The summed E-state index contributed by atoms with van der Waals surface area (Å²) in [7, 11) is 0. The topological polar surface area (TPSA) is 0 Å². The van der Waals surface area contributed by atoms with Gasteiger partial charge >= 0.3 is 77.1 Å². The Morgan fingerprint density at radius 1 is 0.900 bits per heavy atom. The third kappa shape index (κ3) is 1.65. The van der Waals surface area contributed by atoms with Crippen LogP contribution in [0.25, 0.3) is 0 Å². The zero-order valence-corrected chi connectivity index (χ0v) is 9.40. The van der Waals surface area contributed by atoms with E-state index in [1.54, 1.807) is 0 Å². The summed E-state index contributed by atoms with van der Waals surface area (Å²) in [6, 6.07) is 0. The molecule has 0 bridgehead atoms. The van der Waals surface area contributed by atoms with E-state index in [0.29, 0.717) is 0 Å². The molecule has 0 amide bonds. The molecule has 1 rings (SSSR count). The number of hydrogen-bond acceptors (Lipinski definition) is 0. The fourth-order valence-corrected chi connectivity index (χ4v) is 1.75. The Hall–Kier alpha value is 0.259. The van der Waals surface area contributed by atoms with Crippen molar-refractivity contribution in [2.75, 3.05) is 0 Å². The predicted molar refractivity (Wildman–Crippen MR) is 49.0 cm³/mol. The quantitative estimate of drug-likeness (QED) is 0.560. The molecule has 0 saturated carbocycles. The van der Waals surface area contributed by atoms with Gasteiger partial charge in [0.1, 0.15) is 0 Å². The molecule has 0 atom stereocenters. The van der Waals surface area contributed by atoms with Crippen LogP contribution in [0.4, 0.5) is 0 Å². The van der Waals surface area contributed by atoms with Crippen LogP contribution >= 0.6 is 0 Å². The van der Waals surface area contributed by atoms with Crippen LogP contribution in [0.15, 0.2) is 23.3 Å². The molecule has 10 heavy (non-hydrogen) atoms. The van der Waals surface area contributed by atoms with Crippen molar-refractivity contribution in [3.63, 3.8) is 0 Å². The van der Waals surface area contributed by atoms with E-state index in [1.165, 1.54) is 20.0 Å². The van der Waals surface area contributed by atoms with Crippen LogP contribution in [-0.4, -0.2) is 40.0 Å². The maximum atomic E-state index is 3.02. The van der Waals surface area contributed by atoms with Crippen LogP contribution in [0.5, 0.6) is 0 Å². The van der Waals surface area contributed by atoms with Crippen molar-refractivity contribution in [2.45, 2.75) is 13.8 Å². The molecule has 0 aromatic carbocycles. The standard InChI is InChI=1S/C8H8Se2/c1-5-3-8(10)6(2)4-7(5)9/h3-4H,1-2H3. The molecular weight excluding hydrogens is 254 g/mol. The van der Waals surface area contributed by atoms with E-state index in [2.05, 4.69) is 57.2 Å². The Bertz CT molecular complexity index is 228. The van der Waals surface area contributed by atoms with Crippen molar-refractivity contribution in [1.82, 2.24) is 0 Å². The first-order chi connectivity index (χ1) is 4.61. The Balaban J connectivity index is 3.03. The summed E-state index contributed by atoms with van der Waals surface area (Å²) in [4.78, 5) is 0. The summed E-state index contributed by atoms with van der Waals surface area (Å²) in [6.45, 7) is 4.21. The van der Waals surface area contributed by atoms with Crippen LogP contribution < -0.4 is 0 Å². The molecule has 0 spiro atoms. The third-order valence-electron chi connectivity index (χ3n) is 1.47. The number of allylic oxidation sites excluding steroid dienone is 4. The van der Waals surface area contributed by atoms with Crippen LogP contribution in [0.3, 0.4) is 0 Å². The molecule has 0 aromatic heterocycles. The van der Waals surface area contributed by atoms with Crippen LogP contribution in [0.2, 0.25) is 0 Å². The van der Waals surface area contributed by atoms with Gasteiger partial charge < -0.3 is 0 Å². The molecule has 2 heteroatoms. The molecule has 0 heterocycles. The normalized spacial score (nSPS) is 18.6. The Labute approximate surface area is 77.1 Å². The van der Waals surface area contributed by atoms with Crippen LogP contribution in [0.1, 0.15) is 13.8 Å². The second kappa shape index (κ2) is 3.11. The van der Waals surface area contributed by atoms with Gasteiger partial charge in [0.2, 0.25) is 0 Å². The molecular formula is C8H8Se2. The van der Waals surface area contributed by atoms with Gasteiger partial charge in [0.05, 0.1) is 0 Å². The summed E-state index contributed by atoms with van der Waals surface area (Å²) in [5, 5.41) is 0. The molecule has 0 aromatic rings. The number of hydrogen-bond donors (Lipinski definition) is 0. The first-order valence-corrected chi connectivity index (χ1v) is 4.78. The van der Waals surface area contributed by atoms with Gasteiger partial charge in [-0.25, -0.2) is 0 Å². The van der Waals surface area contributed by atoms with Gasteiger partial charge in [-0.15, -0.1) is 0 Å². The predicted octanol–water partition coefficient (Wildman–Crippen LogP) is 0.574. The second-order valence-corrected chi connectivity index (χ2v) is 4.23. The Kier molecular flexibility index (Phi) is 2.60. The van der Waals surface area contributed by atoms with Gasteiger partial charge in [-0.3, -0.25) is 0 Å². The summed E-state index contributed by atoms with van der Waals surface area (Å²) >= 11 is 6.05. The van der Waals surface area contributed by atoms with E-state index in [-0.39, 0.29) is 0 Å². The zero-order chi connectivity index (χ0) is 7.72. The molecule has 0 fully saturated rings. The van der Waals surface area contributed by atoms with Gasteiger partial charge in [-0.1, -0.05) is 0 Å². The molecule has 1 aliphatic carbocycles. The molecule has 0 radical (unpaired) electrons. The van der Waals surface area contributed by atoms with Crippen LogP contribution in [0, 0.1) is 0 Å². The molecule has 0 unspecified atom stereocenters. The van der Waals surface area contributed by atoms with Crippen molar-refractivity contribution in [1.29, 1.82) is 0 Å². The molecule has 1 aliphatic rings. The summed E-state index contributed by atoms with van der Waals surface area (Å²) in [5.41, 5.74) is 2.61. The van der Waals surface area contributed by atoms with E-state index in [0.717, 1.165) is 0 Å². The fourth-order valence-electron chi connectivity index (χ4n) is 0.763. The van der Waals surface area contributed by atoms with E-state index < -0.39 is 0 Å². The first kappa shape index (κ1) is 8.36. The van der Waals surface area contributed by atoms with Crippen molar-refractivity contribution >= 4 is 40.0 Å². The van der Waals surface area contributed by atoms with Gasteiger partial charge in [0.25, 0.3) is 0 Å². The first-order valence-electron chi connectivity index (χ1n) is 3.06. The Morgan fingerprint density at radius 2 is 1.20 bits per heavy atom. The zero-order valence-electron chi connectivity index (χ0n) is 5.97. The van der Waals surface area contributed by atoms with Gasteiger partial charge in [-0.2, -0.15) is 0 Å². The monoisotopic (exact) mass is 264 g/mol. The van der Waals surface area contributed by atoms with E-state index >= 15 is 0 Å². The fraction of sp³-hybridized carbons (Fsp3) is 0.250. The average molecular weight is 262 g/mol. The second-order valence-electron chi connectivity index (χ2n) is 2.38.